The minimum absolute atomic E-state index is 0.0351. The molecular formula is C24H27ClF2N4O4S3. The van der Waals surface area contributed by atoms with Crippen molar-refractivity contribution in [1.29, 1.82) is 0 Å². The number of halogens is 3. The van der Waals surface area contributed by atoms with Gasteiger partial charge in [-0.25, -0.2) is 22.2 Å². The summed E-state index contributed by atoms with van der Waals surface area (Å²) in [6.45, 7) is 4.53. The van der Waals surface area contributed by atoms with Gasteiger partial charge in [-0.15, -0.1) is 11.3 Å². The van der Waals surface area contributed by atoms with Crippen molar-refractivity contribution in [3.05, 3.63) is 40.2 Å². The molecule has 206 valence electrons. The van der Waals surface area contributed by atoms with Crippen LogP contribution in [0.4, 0.5) is 13.9 Å². The van der Waals surface area contributed by atoms with Crippen molar-refractivity contribution < 1.29 is 26.7 Å². The molecule has 0 radical (unpaired) electrons. The zero-order valence-corrected chi connectivity index (χ0v) is 23.7. The van der Waals surface area contributed by atoms with Crippen molar-refractivity contribution >= 4 is 65.6 Å². The molecule has 1 aromatic carbocycles. The van der Waals surface area contributed by atoms with Crippen LogP contribution in [0.5, 0.6) is 0 Å². The van der Waals surface area contributed by atoms with E-state index < -0.39 is 27.6 Å². The molecule has 0 unspecified atom stereocenters. The lowest BCUT2D eigenvalue weighted by Gasteiger charge is -2.33. The van der Waals surface area contributed by atoms with Crippen LogP contribution in [0.15, 0.2) is 28.5 Å². The van der Waals surface area contributed by atoms with Crippen LogP contribution >= 0.6 is 34.3 Å². The molecule has 3 aromatic rings. The van der Waals surface area contributed by atoms with Crippen LogP contribution in [-0.4, -0.2) is 81.0 Å². The van der Waals surface area contributed by atoms with Crippen molar-refractivity contribution in [2.75, 3.05) is 57.4 Å². The maximum atomic E-state index is 14.4. The molecule has 2 aliphatic rings. The van der Waals surface area contributed by atoms with E-state index >= 15 is 0 Å². The molecule has 2 aliphatic heterocycles. The molecule has 14 heteroatoms. The summed E-state index contributed by atoms with van der Waals surface area (Å²) < 4.78 is 61.8. The normalized spacial score (nSPS) is 18.3. The van der Waals surface area contributed by atoms with E-state index in [1.165, 1.54) is 16.4 Å². The second-order valence-corrected chi connectivity index (χ2v) is 14.2. The fourth-order valence-corrected chi connectivity index (χ4v) is 8.91. The lowest BCUT2D eigenvalue weighted by atomic mass is 9.96. The minimum atomic E-state index is -3.68. The van der Waals surface area contributed by atoms with E-state index in [-0.39, 0.29) is 28.7 Å². The number of sulfonamides is 1. The molecule has 2 fully saturated rings. The third-order valence-electron chi connectivity index (χ3n) is 6.80. The van der Waals surface area contributed by atoms with Gasteiger partial charge in [0.15, 0.2) is 10.9 Å². The smallest absolute Gasteiger partial charge is 0.252 e. The summed E-state index contributed by atoms with van der Waals surface area (Å²) in [6, 6.07) is 5.05. The lowest BCUT2D eigenvalue weighted by Crippen LogP contribution is -2.45. The van der Waals surface area contributed by atoms with Gasteiger partial charge < -0.3 is 4.74 Å². The van der Waals surface area contributed by atoms with Gasteiger partial charge in [0.1, 0.15) is 15.5 Å². The van der Waals surface area contributed by atoms with E-state index in [4.69, 9.17) is 16.3 Å². The van der Waals surface area contributed by atoms with Crippen LogP contribution in [-0.2, 0) is 19.6 Å². The summed E-state index contributed by atoms with van der Waals surface area (Å²) in [5, 5.41) is 0.319. The molecule has 8 nitrogen and oxygen atoms in total. The highest BCUT2D eigenvalue weighted by Gasteiger charge is 2.35. The van der Waals surface area contributed by atoms with E-state index in [0.29, 0.717) is 53.2 Å². The largest absolute Gasteiger partial charge is 0.379 e. The maximum absolute atomic E-state index is 14.4. The second kappa shape index (κ2) is 11.8. The Morgan fingerprint density at radius 3 is 2.55 bits per heavy atom. The molecule has 0 atom stereocenters. The maximum Gasteiger partial charge on any atom is 0.252 e. The lowest BCUT2D eigenvalue weighted by molar-refractivity contribution is -0.123. The third-order valence-corrected chi connectivity index (χ3v) is 11.4. The summed E-state index contributed by atoms with van der Waals surface area (Å²) in [5.41, 5.74) is 0.0351. The Kier molecular flexibility index (Phi) is 8.63. The standard InChI is InChI=1S/C24H27ClF2N4O4S3/c25-20-2-3-21(37-20)38(33,34)30-8-4-16(5-9-30)23(32)31(7-1-6-29-10-12-35-13-11-29)24-28-22-18(27)14-17(26)15-19(22)36-24/h2-3,14-16H,1,4-13H2. The van der Waals surface area contributed by atoms with Gasteiger partial charge in [-0.1, -0.05) is 22.9 Å². The molecule has 1 amide bonds. The number of carbonyl (C=O) groups is 1. The van der Waals surface area contributed by atoms with Crippen LogP contribution in [0.25, 0.3) is 10.2 Å². The Bertz CT molecular complexity index is 1400. The Labute approximate surface area is 232 Å². The monoisotopic (exact) mass is 604 g/mol. The van der Waals surface area contributed by atoms with Gasteiger partial charge in [0.25, 0.3) is 10.0 Å². The molecule has 2 aromatic heterocycles. The fourth-order valence-electron chi connectivity index (χ4n) is 4.77. The number of thiophene rings is 1. The van der Waals surface area contributed by atoms with Crippen LogP contribution in [0, 0.1) is 17.6 Å². The highest BCUT2D eigenvalue weighted by molar-refractivity contribution is 7.91. The second-order valence-electron chi connectivity index (χ2n) is 9.27. The number of ether oxygens (including phenoxy) is 1. The summed E-state index contributed by atoms with van der Waals surface area (Å²) in [4.78, 5) is 21.9. The molecule has 0 N–H and O–H groups in total. The average Bonchev–Trinajstić information content (AvgIpc) is 3.54. The predicted octanol–water partition coefficient (Wildman–Crippen LogP) is 4.45. The first kappa shape index (κ1) is 27.8. The Balaban J connectivity index is 1.31. The number of rotatable bonds is 8. The third kappa shape index (κ3) is 6.03. The van der Waals surface area contributed by atoms with Crippen LogP contribution in [0.1, 0.15) is 19.3 Å². The first-order valence-electron chi connectivity index (χ1n) is 12.3. The topological polar surface area (TPSA) is 83.1 Å². The number of hydrogen-bond donors (Lipinski definition) is 0. The van der Waals surface area contributed by atoms with E-state index in [0.717, 1.165) is 48.4 Å². The molecule has 2 saturated heterocycles. The number of amides is 1. The Hall–Kier alpha value is -1.74. The number of benzene rings is 1. The summed E-state index contributed by atoms with van der Waals surface area (Å²) in [5.74, 6) is -2.06. The first-order chi connectivity index (χ1) is 18.2. The number of anilines is 1. The first-order valence-corrected chi connectivity index (χ1v) is 15.8. The minimum Gasteiger partial charge on any atom is -0.379 e. The van der Waals surface area contributed by atoms with Crippen molar-refractivity contribution in [2.45, 2.75) is 23.5 Å². The summed E-state index contributed by atoms with van der Waals surface area (Å²) in [7, 11) is -3.68. The predicted molar refractivity (Wildman–Crippen MR) is 145 cm³/mol. The average molecular weight is 605 g/mol. The van der Waals surface area contributed by atoms with E-state index in [1.807, 2.05) is 0 Å². The number of hydrogen-bond acceptors (Lipinski definition) is 8. The molecule has 0 saturated carbocycles. The number of aromatic nitrogens is 1. The summed E-state index contributed by atoms with van der Waals surface area (Å²) in [6.07, 6.45) is 1.38. The van der Waals surface area contributed by atoms with Crippen molar-refractivity contribution in [3.63, 3.8) is 0 Å². The SMILES string of the molecule is O=C(C1CCN(S(=O)(=O)c2ccc(Cl)s2)CC1)N(CCCN1CCOCC1)c1nc2c(F)cc(F)cc2s1. The number of nitrogens with zero attached hydrogens (tertiary/aromatic N) is 4. The molecular weight excluding hydrogens is 578 g/mol. The number of morpholine rings is 1. The van der Waals surface area contributed by atoms with Gasteiger partial charge in [-0.05, 0) is 37.5 Å². The highest BCUT2D eigenvalue weighted by atomic mass is 35.5. The van der Waals surface area contributed by atoms with Gasteiger partial charge in [0.2, 0.25) is 5.91 Å². The molecule has 4 heterocycles. The van der Waals surface area contributed by atoms with Crippen molar-refractivity contribution in [1.82, 2.24) is 14.2 Å². The zero-order valence-electron chi connectivity index (χ0n) is 20.4. The van der Waals surface area contributed by atoms with Gasteiger partial charge >= 0.3 is 0 Å². The fraction of sp³-hybridized carbons (Fsp3) is 0.500. The number of carbonyl (C=O) groups excluding carboxylic acids is 1. The van der Waals surface area contributed by atoms with Crippen molar-refractivity contribution in [2.24, 2.45) is 5.92 Å². The quantitative estimate of drug-likeness (QED) is 0.378. The molecule has 0 aliphatic carbocycles. The Morgan fingerprint density at radius 1 is 1.13 bits per heavy atom. The molecule has 5 rings (SSSR count). The number of thiazole rings is 1. The Morgan fingerprint density at radius 2 is 1.87 bits per heavy atom. The molecule has 0 bridgehead atoms. The van der Waals surface area contributed by atoms with Crippen LogP contribution < -0.4 is 4.90 Å². The van der Waals surface area contributed by atoms with E-state index in [9.17, 15) is 22.0 Å². The van der Waals surface area contributed by atoms with Crippen LogP contribution in [0.3, 0.4) is 0 Å². The van der Waals surface area contributed by atoms with Gasteiger partial charge in [0.05, 0.1) is 22.3 Å². The summed E-state index contributed by atoms with van der Waals surface area (Å²) >= 11 is 8.02. The van der Waals surface area contributed by atoms with E-state index in [2.05, 4.69) is 9.88 Å². The van der Waals surface area contributed by atoms with Crippen LogP contribution in [0.2, 0.25) is 4.34 Å². The van der Waals surface area contributed by atoms with Gasteiger partial charge in [-0.2, -0.15) is 4.31 Å². The van der Waals surface area contributed by atoms with Crippen molar-refractivity contribution in [3.8, 4) is 0 Å². The zero-order chi connectivity index (χ0) is 26.9. The van der Waals surface area contributed by atoms with Gasteiger partial charge in [-0.3, -0.25) is 14.6 Å². The molecule has 0 spiro atoms. The number of piperidine rings is 1. The highest BCUT2D eigenvalue weighted by Crippen LogP contribution is 2.34. The number of fused-ring (bicyclic) bond motifs is 1. The van der Waals surface area contributed by atoms with Gasteiger partial charge in [0, 0.05) is 51.3 Å². The molecule has 38 heavy (non-hydrogen) atoms. The van der Waals surface area contributed by atoms with E-state index in [1.54, 1.807) is 11.0 Å².